The van der Waals surface area contributed by atoms with E-state index in [-0.39, 0.29) is 49.6 Å². The van der Waals surface area contributed by atoms with Crippen molar-refractivity contribution in [1.29, 1.82) is 0 Å². The molecule has 0 spiro atoms. The molecule has 0 aliphatic carbocycles. The SMILES string of the molecule is C=CC(=O)N1CC[C@H](C(=O)N(C)[C@H](C(=O)N[C@H]2Cc3cc(O)cc(c3)-c3ccc4c(c3)c(c(-c3cccc5c3COC5)n4CC)CC(C)(C)COC(=O)[C@@H]3CCCN(N3)C2=O)C(C)C)C1. The van der Waals surface area contributed by atoms with Crippen molar-refractivity contribution in [2.24, 2.45) is 17.3 Å². The molecule has 4 atom stereocenters. The Morgan fingerprint density at radius 2 is 1.83 bits per heavy atom. The van der Waals surface area contributed by atoms with Crippen LogP contribution in [0, 0.1) is 17.3 Å². The fourth-order valence-corrected chi connectivity index (χ4v) is 10.3. The molecule has 14 nitrogen and oxygen atoms in total. The van der Waals surface area contributed by atoms with Gasteiger partial charge < -0.3 is 34.3 Å². The van der Waals surface area contributed by atoms with Gasteiger partial charge in [-0.15, -0.1) is 0 Å². The Kier molecular flexibility index (Phi) is 13.0. The first-order valence-corrected chi connectivity index (χ1v) is 23.0. The number of aryl methyl sites for hydroxylation is 1. The zero-order valence-corrected chi connectivity index (χ0v) is 38.4. The molecule has 2 fully saturated rings. The van der Waals surface area contributed by atoms with Crippen LogP contribution in [0.5, 0.6) is 5.75 Å². The number of aromatic hydroxyl groups is 1. The number of ether oxygens (including phenoxy) is 2. The molecule has 8 rings (SSSR count). The van der Waals surface area contributed by atoms with Crippen molar-refractivity contribution in [3.05, 3.63) is 89.5 Å². The molecule has 0 unspecified atom stereocenters. The number of rotatable bonds is 8. The highest BCUT2D eigenvalue weighted by Gasteiger charge is 2.40. The number of benzene rings is 3. The number of phenolic OH excluding ortho intramolecular Hbond substituents is 1. The number of amides is 4. The van der Waals surface area contributed by atoms with Crippen LogP contribution in [-0.2, 0) is 66.0 Å². The number of fused-ring (bicyclic) bond motifs is 7. The number of nitrogens with zero attached hydrogens (tertiary/aromatic N) is 4. The van der Waals surface area contributed by atoms with Gasteiger partial charge in [-0.2, -0.15) is 0 Å². The number of nitrogens with one attached hydrogen (secondary N) is 2. The van der Waals surface area contributed by atoms with E-state index in [1.165, 1.54) is 27.1 Å². The van der Waals surface area contributed by atoms with Gasteiger partial charge in [0.15, 0.2) is 0 Å². The van der Waals surface area contributed by atoms with Gasteiger partial charge in [-0.05, 0) is 102 Å². The van der Waals surface area contributed by atoms with Crippen molar-refractivity contribution in [1.82, 2.24) is 30.1 Å². The monoisotopic (exact) mass is 886 g/mol. The lowest BCUT2D eigenvalue weighted by Crippen LogP contribution is -2.62. The standard InChI is InChI=1S/C51H62N6O8/c1-8-44(59)55-19-17-33(26-55)48(61)54(7)45(30(3)4)47(60)52-42-22-31-20-35(23-36(58)21-31)32-15-16-43-38(24-32)39(46(56(43)9-2)37-13-10-12-34-27-64-28-40(34)37)25-51(5,6)29-65-50(63)41-14-11-18-57(53-41)49(42)62/h8,10,12-13,15-16,20-21,23-24,30,33,41-42,45,53,58H,1,9,11,14,17-19,22,25-29H2,2-7H3,(H,52,60)/t33-,41-,42-,45-/m0/s1. The highest BCUT2D eigenvalue weighted by molar-refractivity contribution is 5.96. The Hall–Kier alpha value is -5.99. The Labute approximate surface area is 380 Å². The van der Waals surface area contributed by atoms with Gasteiger partial charge >= 0.3 is 5.97 Å². The molecular weight excluding hydrogens is 825 g/mol. The highest BCUT2D eigenvalue weighted by atomic mass is 16.5. The van der Waals surface area contributed by atoms with Crippen LogP contribution in [0.15, 0.2) is 67.3 Å². The van der Waals surface area contributed by atoms with Gasteiger partial charge in [0.2, 0.25) is 17.7 Å². The molecule has 3 N–H and O–H groups in total. The molecule has 4 aliphatic rings. The minimum Gasteiger partial charge on any atom is -0.508 e. The summed E-state index contributed by atoms with van der Waals surface area (Å²) in [5.41, 5.74) is 11.6. The number of esters is 1. The van der Waals surface area contributed by atoms with E-state index in [2.05, 4.69) is 73.0 Å². The van der Waals surface area contributed by atoms with Gasteiger partial charge in [0.1, 0.15) is 23.9 Å². The van der Waals surface area contributed by atoms with E-state index in [1.807, 2.05) is 26.0 Å². The van der Waals surface area contributed by atoms with Crippen LogP contribution < -0.4 is 10.7 Å². The lowest BCUT2D eigenvalue weighted by molar-refractivity contribution is -0.155. The summed E-state index contributed by atoms with van der Waals surface area (Å²) in [6.45, 7) is 16.4. The number of hydrazine groups is 1. The van der Waals surface area contributed by atoms with Crippen LogP contribution in [0.3, 0.4) is 0 Å². The summed E-state index contributed by atoms with van der Waals surface area (Å²) in [7, 11) is 1.59. The topological polar surface area (TPSA) is 163 Å². The summed E-state index contributed by atoms with van der Waals surface area (Å²) in [5.74, 6) is -2.79. The zero-order chi connectivity index (χ0) is 46.3. The fourth-order valence-electron chi connectivity index (χ4n) is 10.3. The predicted octanol–water partition coefficient (Wildman–Crippen LogP) is 5.90. The van der Waals surface area contributed by atoms with Crippen molar-refractivity contribution in [3.63, 3.8) is 0 Å². The average molecular weight is 887 g/mol. The smallest absolute Gasteiger partial charge is 0.324 e. The number of carbonyl (C=O) groups excluding carboxylic acids is 5. The summed E-state index contributed by atoms with van der Waals surface area (Å²) in [5, 5.41) is 16.8. The van der Waals surface area contributed by atoms with E-state index in [1.54, 1.807) is 24.1 Å². The highest BCUT2D eigenvalue weighted by Crippen LogP contribution is 2.43. The Morgan fingerprint density at radius 1 is 1.03 bits per heavy atom. The number of likely N-dealkylation sites (N-methyl/N-ethyl adjacent to an activating group) is 1. The van der Waals surface area contributed by atoms with Gasteiger partial charge in [-0.3, -0.25) is 29.0 Å². The van der Waals surface area contributed by atoms with Gasteiger partial charge in [0, 0.05) is 61.5 Å². The van der Waals surface area contributed by atoms with Crippen molar-refractivity contribution in [3.8, 4) is 28.1 Å². The van der Waals surface area contributed by atoms with E-state index in [9.17, 15) is 29.1 Å². The molecule has 0 radical (unpaired) electrons. The molecule has 1 aromatic heterocycles. The fraction of sp³-hybridized carbons (Fsp3) is 0.471. The molecule has 6 bridgehead atoms. The number of aromatic nitrogens is 1. The van der Waals surface area contributed by atoms with Crippen LogP contribution in [0.2, 0.25) is 0 Å². The zero-order valence-electron chi connectivity index (χ0n) is 38.4. The molecule has 5 heterocycles. The molecule has 3 aromatic carbocycles. The van der Waals surface area contributed by atoms with Crippen LogP contribution in [-0.4, -0.2) is 105 Å². The number of phenols is 1. The summed E-state index contributed by atoms with van der Waals surface area (Å²) < 4.78 is 14.4. The van der Waals surface area contributed by atoms with E-state index >= 15 is 0 Å². The van der Waals surface area contributed by atoms with Gasteiger partial charge in [0.05, 0.1) is 31.4 Å². The number of cyclic esters (lactones) is 1. The van der Waals surface area contributed by atoms with E-state index in [0.717, 1.165) is 38.9 Å². The van der Waals surface area contributed by atoms with Crippen LogP contribution >= 0.6 is 0 Å². The molecule has 14 heteroatoms. The molecule has 4 amide bonds. The first-order valence-electron chi connectivity index (χ1n) is 23.0. The molecule has 0 saturated carbocycles. The van der Waals surface area contributed by atoms with Crippen LogP contribution in [0.25, 0.3) is 33.3 Å². The lowest BCUT2D eigenvalue weighted by atomic mass is 9.83. The number of hydrogen-bond acceptors (Lipinski definition) is 9. The molecular formula is C51H62N6O8. The number of hydrogen-bond donors (Lipinski definition) is 3. The third-order valence-corrected chi connectivity index (χ3v) is 13.6. The van der Waals surface area contributed by atoms with Crippen molar-refractivity contribution < 1.29 is 38.6 Å². The van der Waals surface area contributed by atoms with E-state index < -0.39 is 47.2 Å². The molecule has 4 aromatic rings. The molecule has 2 saturated heterocycles. The summed E-state index contributed by atoms with van der Waals surface area (Å²) in [4.78, 5) is 72.3. The maximum absolute atomic E-state index is 14.7. The Morgan fingerprint density at radius 3 is 2.58 bits per heavy atom. The molecule has 65 heavy (non-hydrogen) atoms. The van der Waals surface area contributed by atoms with Gasteiger partial charge in [-0.25, -0.2) is 5.43 Å². The quantitative estimate of drug-likeness (QED) is 0.145. The second-order valence-corrected chi connectivity index (χ2v) is 19.3. The second kappa shape index (κ2) is 18.5. The Bertz CT molecular complexity index is 2540. The summed E-state index contributed by atoms with van der Waals surface area (Å²) in [6, 6.07) is 15.0. The van der Waals surface area contributed by atoms with Crippen molar-refractivity contribution >= 4 is 40.5 Å². The number of carbonyl (C=O) groups is 5. The minimum absolute atomic E-state index is 0.00221. The predicted molar refractivity (Wildman–Crippen MR) is 247 cm³/mol. The van der Waals surface area contributed by atoms with Crippen LogP contribution in [0.1, 0.15) is 76.1 Å². The first kappa shape index (κ1) is 45.6. The number of likely N-dealkylation sites (tertiary alicyclic amines) is 1. The minimum atomic E-state index is -1.15. The van der Waals surface area contributed by atoms with Crippen molar-refractivity contribution in [2.45, 2.75) is 105 Å². The van der Waals surface area contributed by atoms with Gasteiger partial charge in [0.25, 0.3) is 5.91 Å². The van der Waals surface area contributed by atoms with Gasteiger partial charge in [-0.1, -0.05) is 64.6 Å². The molecule has 4 aliphatic heterocycles. The second-order valence-electron chi connectivity index (χ2n) is 19.3. The maximum Gasteiger partial charge on any atom is 0.324 e. The summed E-state index contributed by atoms with van der Waals surface area (Å²) in [6.07, 6.45) is 3.25. The van der Waals surface area contributed by atoms with Crippen LogP contribution in [0.4, 0.5) is 0 Å². The normalized spacial score (nSPS) is 21.4. The molecule has 344 valence electrons. The van der Waals surface area contributed by atoms with Crippen molar-refractivity contribution in [2.75, 3.05) is 33.3 Å². The lowest BCUT2D eigenvalue weighted by Gasteiger charge is -2.37. The summed E-state index contributed by atoms with van der Waals surface area (Å²) >= 11 is 0. The van der Waals surface area contributed by atoms with E-state index in [4.69, 9.17) is 9.47 Å². The third kappa shape index (κ3) is 9.15. The van der Waals surface area contributed by atoms with E-state index in [0.29, 0.717) is 57.6 Å². The third-order valence-electron chi connectivity index (χ3n) is 13.6. The largest absolute Gasteiger partial charge is 0.508 e. The average Bonchev–Trinajstić information content (AvgIpc) is 4.05. The maximum atomic E-state index is 14.7. The first-order chi connectivity index (χ1) is 31.1. The Balaban J connectivity index is 1.19.